The van der Waals surface area contributed by atoms with E-state index < -0.39 is 5.97 Å². The lowest BCUT2D eigenvalue weighted by Gasteiger charge is -2.23. The summed E-state index contributed by atoms with van der Waals surface area (Å²) in [6.07, 6.45) is 2.77. The van der Waals surface area contributed by atoms with Crippen LogP contribution >= 0.6 is 11.3 Å². The lowest BCUT2D eigenvalue weighted by molar-refractivity contribution is -0.881. The van der Waals surface area contributed by atoms with E-state index in [1.54, 1.807) is 0 Å². The van der Waals surface area contributed by atoms with Gasteiger partial charge in [-0.05, 0) is 58.4 Å². The van der Waals surface area contributed by atoms with Gasteiger partial charge in [0.2, 0.25) is 0 Å². The van der Waals surface area contributed by atoms with Gasteiger partial charge >= 0.3 is 5.97 Å². The number of nitrogens with one attached hydrogen (secondary N) is 3. The van der Waals surface area contributed by atoms with Crippen LogP contribution in [0, 0.1) is 5.92 Å². The minimum Gasteiger partial charge on any atom is -0.465 e. The molecule has 0 bridgehead atoms. The molecule has 1 unspecified atom stereocenters. The van der Waals surface area contributed by atoms with Crippen molar-refractivity contribution >= 4 is 34.1 Å². The Hall–Kier alpha value is -1.93. The predicted molar refractivity (Wildman–Crippen MR) is 115 cm³/mol. The highest BCUT2D eigenvalue weighted by Gasteiger charge is 2.29. The second-order valence-corrected chi connectivity index (χ2v) is 9.96. The molecule has 7 nitrogen and oxygen atoms in total. The second-order valence-electron chi connectivity index (χ2n) is 8.85. The van der Waals surface area contributed by atoms with Gasteiger partial charge in [-0.3, -0.25) is 9.59 Å². The molecule has 0 saturated heterocycles. The first-order valence-corrected chi connectivity index (χ1v) is 11.0. The van der Waals surface area contributed by atoms with Gasteiger partial charge in [-0.1, -0.05) is 6.92 Å². The monoisotopic (exact) mass is 424 g/mol. The van der Waals surface area contributed by atoms with Gasteiger partial charge in [-0.2, -0.15) is 0 Å². The summed E-state index contributed by atoms with van der Waals surface area (Å²) in [5, 5.41) is 6.40. The number of carbonyl (C=O) groups excluding carboxylic acids is 3. The first kappa shape index (κ1) is 23.3. The number of esters is 1. The Bertz CT molecular complexity index is 767. The van der Waals surface area contributed by atoms with Crippen LogP contribution in [0.4, 0.5) is 5.00 Å². The third kappa shape index (κ3) is 6.54. The van der Waals surface area contributed by atoms with Gasteiger partial charge in [0.15, 0.2) is 13.1 Å². The number of fused-ring (bicyclic) bond motifs is 1. The lowest BCUT2D eigenvalue weighted by Crippen LogP contribution is -3.14. The van der Waals surface area contributed by atoms with Gasteiger partial charge in [0.1, 0.15) is 5.00 Å². The quantitative estimate of drug-likeness (QED) is 0.578. The number of quaternary nitrogens is 1. The Morgan fingerprint density at radius 2 is 1.86 bits per heavy atom. The molecular weight excluding hydrogens is 390 g/mol. The minimum atomic E-state index is -0.406. The largest absolute Gasteiger partial charge is 0.465 e. The Balaban J connectivity index is 2.09. The number of amides is 2. The maximum atomic E-state index is 12.7. The van der Waals surface area contributed by atoms with Crippen molar-refractivity contribution in [3.8, 4) is 0 Å². The van der Waals surface area contributed by atoms with Gasteiger partial charge in [0, 0.05) is 10.4 Å². The van der Waals surface area contributed by atoms with Gasteiger partial charge < -0.3 is 20.3 Å². The van der Waals surface area contributed by atoms with E-state index in [1.165, 1.54) is 18.4 Å². The van der Waals surface area contributed by atoms with Gasteiger partial charge in [0.05, 0.1) is 19.2 Å². The maximum absolute atomic E-state index is 12.7. The molecule has 1 heterocycles. The third-order valence-electron chi connectivity index (χ3n) is 4.99. The van der Waals surface area contributed by atoms with Crippen molar-refractivity contribution in [3.05, 3.63) is 16.0 Å². The number of ether oxygens (including phenoxy) is 1. The first-order chi connectivity index (χ1) is 13.5. The van der Waals surface area contributed by atoms with Crippen LogP contribution in [0.2, 0.25) is 0 Å². The van der Waals surface area contributed by atoms with E-state index in [0.29, 0.717) is 23.0 Å². The standard InChI is InChI=1S/C21H33N3O4S/c1-7-24(12-17(26)23-21(3,4)5)11-16(25)22-19-18(20(27)28-6)14-9-8-13(2)10-15(14)29-19/h13H,7-12H2,1-6H3,(H,22,25)(H,23,26)/p+1/t13-/m1/s1. The molecule has 2 atom stereocenters. The Morgan fingerprint density at radius 3 is 2.45 bits per heavy atom. The average molecular weight is 425 g/mol. The predicted octanol–water partition coefficient (Wildman–Crippen LogP) is 1.42. The van der Waals surface area contributed by atoms with E-state index in [4.69, 9.17) is 4.74 Å². The zero-order valence-corrected chi connectivity index (χ0v) is 19.2. The molecular formula is C21H34N3O4S+. The highest BCUT2D eigenvalue weighted by molar-refractivity contribution is 7.17. The Labute approximate surface area is 177 Å². The van der Waals surface area contributed by atoms with Gasteiger partial charge in [-0.25, -0.2) is 4.79 Å². The Kier molecular flexibility index (Phi) is 7.82. The second kappa shape index (κ2) is 9.71. The molecule has 2 amide bonds. The highest BCUT2D eigenvalue weighted by Crippen LogP contribution is 2.39. The van der Waals surface area contributed by atoms with Crippen LogP contribution in [0.3, 0.4) is 0 Å². The molecule has 3 N–H and O–H groups in total. The zero-order chi connectivity index (χ0) is 21.8. The normalized spacial score (nSPS) is 17.2. The van der Waals surface area contributed by atoms with E-state index in [-0.39, 0.29) is 30.4 Å². The average Bonchev–Trinajstić information content (AvgIpc) is 2.95. The SMILES string of the molecule is CC[NH+](CC(=O)Nc1sc2c(c1C(=O)OC)CC[C@@H](C)C2)CC(=O)NC(C)(C)C. The number of rotatable bonds is 7. The first-order valence-electron chi connectivity index (χ1n) is 10.2. The highest BCUT2D eigenvalue weighted by atomic mass is 32.1. The van der Waals surface area contributed by atoms with E-state index in [0.717, 1.165) is 34.6 Å². The van der Waals surface area contributed by atoms with E-state index in [1.807, 2.05) is 27.7 Å². The summed E-state index contributed by atoms with van der Waals surface area (Å²) in [7, 11) is 1.36. The fraction of sp³-hybridized carbons (Fsp3) is 0.667. The van der Waals surface area contributed by atoms with Crippen LogP contribution in [-0.4, -0.2) is 50.1 Å². The van der Waals surface area contributed by atoms with Crippen molar-refractivity contribution in [1.29, 1.82) is 0 Å². The summed E-state index contributed by atoms with van der Waals surface area (Å²) in [5.41, 5.74) is 1.21. The summed E-state index contributed by atoms with van der Waals surface area (Å²) >= 11 is 1.47. The molecule has 8 heteroatoms. The third-order valence-corrected chi connectivity index (χ3v) is 6.16. The number of methoxy groups -OCH3 is 1. The maximum Gasteiger partial charge on any atom is 0.341 e. The van der Waals surface area contributed by atoms with Crippen molar-refractivity contribution < 1.29 is 24.0 Å². The molecule has 2 rings (SSSR count). The Morgan fingerprint density at radius 1 is 1.21 bits per heavy atom. The van der Waals surface area contributed by atoms with Gasteiger partial charge in [0.25, 0.3) is 11.8 Å². The van der Waals surface area contributed by atoms with Crippen molar-refractivity contribution in [3.63, 3.8) is 0 Å². The number of carbonyl (C=O) groups is 3. The van der Waals surface area contributed by atoms with E-state index in [9.17, 15) is 14.4 Å². The number of likely N-dealkylation sites (N-methyl/N-ethyl adjacent to an activating group) is 1. The molecule has 1 aromatic rings. The number of hydrogen-bond donors (Lipinski definition) is 3. The molecule has 0 aliphatic heterocycles. The zero-order valence-electron chi connectivity index (χ0n) is 18.4. The van der Waals surface area contributed by atoms with E-state index >= 15 is 0 Å². The smallest absolute Gasteiger partial charge is 0.341 e. The molecule has 1 aliphatic carbocycles. The summed E-state index contributed by atoms with van der Waals surface area (Å²) in [4.78, 5) is 39.2. The summed E-state index contributed by atoms with van der Waals surface area (Å²) in [6.45, 7) is 11.0. The van der Waals surface area contributed by atoms with Crippen LogP contribution in [0.1, 0.15) is 61.8 Å². The van der Waals surface area contributed by atoms with Crippen molar-refractivity contribution in [2.24, 2.45) is 5.92 Å². The number of thiophene rings is 1. The number of hydrogen-bond acceptors (Lipinski definition) is 5. The molecule has 0 aromatic carbocycles. The van der Waals surface area contributed by atoms with Crippen molar-refractivity contribution in [1.82, 2.24) is 5.32 Å². The van der Waals surface area contributed by atoms with Crippen LogP contribution in [0.5, 0.6) is 0 Å². The molecule has 1 aliphatic rings. The fourth-order valence-electron chi connectivity index (χ4n) is 3.56. The molecule has 0 saturated carbocycles. The molecule has 0 spiro atoms. The van der Waals surface area contributed by atoms with Crippen LogP contribution in [0.25, 0.3) is 0 Å². The molecule has 1 aromatic heterocycles. The van der Waals surface area contributed by atoms with Crippen LogP contribution in [0.15, 0.2) is 0 Å². The summed E-state index contributed by atoms with van der Waals surface area (Å²) in [6, 6.07) is 0. The number of anilines is 1. The topological polar surface area (TPSA) is 88.9 Å². The van der Waals surface area contributed by atoms with Crippen LogP contribution < -0.4 is 15.5 Å². The molecule has 162 valence electrons. The lowest BCUT2D eigenvalue weighted by atomic mass is 9.88. The summed E-state index contributed by atoms with van der Waals surface area (Å²) < 4.78 is 4.97. The summed E-state index contributed by atoms with van der Waals surface area (Å²) in [5.74, 6) is -0.131. The molecule has 0 fully saturated rings. The molecule has 0 radical (unpaired) electrons. The van der Waals surface area contributed by atoms with Crippen molar-refractivity contribution in [2.45, 2.75) is 59.4 Å². The fourth-order valence-corrected chi connectivity index (χ4v) is 4.97. The van der Waals surface area contributed by atoms with E-state index in [2.05, 4.69) is 17.6 Å². The van der Waals surface area contributed by atoms with Gasteiger partial charge in [-0.15, -0.1) is 11.3 Å². The van der Waals surface area contributed by atoms with Crippen molar-refractivity contribution in [2.75, 3.05) is 32.1 Å². The molecule has 29 heavy (non-hydrogen) atoms. The minimum absolute atomic E-state index is 0.0852. The van der Waals surface area contributed by atoms with Crippen LogP contribution in [-0.2, 0) is 27.2 Å².